The molecular formula is C14H17Cl2F3N2O2S. The van der Waals surface area contributed by atoms with E-state index >= 15 is 0 Å². The van der Waals surface area contributed by atoms with Gasteiger partial charge >= 0.3 is 6.18 Å². The number of alkyl halides is 3. The summed E-state index contributed by atoms with van der Waals surface area (Å²) in [5.74, 6) is 0.146. The predicted molar refractivity (Wildman–Crippen MR) is 86.7 cm³/mol. The maximum Gasteiger partial charge on any atom is 0.417 e. The van der Waals surface area contributed by atoms with Crippen LogP contribution in [0.4, 0.5) is 13.2 Å². The van der Waals surface area contributed by atoms with Gasteiger partial charge in [-0.2, -0.15) is 17.5 Å². The number of halogens is 5. The molecule has 3 atom stereocenters. The molecule has 2 N–H and O–H groups in total. The number of hydrogen-bond donors (Lipinski definition) is 1. The summed E-state index contributed by atoms with van der Waals surface area (Å²) in [7, 11) is -4.24. The molecule has 2 fully saturated rings. The number of hydrogen-bond acceptors (Lipinski definition) is 3. The van der Waals surface area contributed by atoms with Gasteiger partial charge in [-0.15, -0.1) is 12.4 Å². The van der Waals surface area contributed by atoms with E-state index in [0.717, 1.165) is 29.3 Å². The van der Waals surface area contributed by atoms with Gasteiger partial charge in [-0.25, -0.2) is 8.42 Å². The van der Waals surface area contributed by atoms with E-state index in [9.17, 15) is 21.6 Å². The maximum absolute atomic E-state index is 13.2. The molecule has 1 aromatic rings. The van der Waals surface area contributed by atoms with Crippen molar-refractivity contribution in [1.82, 2.24) is 4.31 Å². The lowest BCUT2D eigenvalue weighted by molar-refractivity contribution is -0.139. The maximum atomic E-state index is 13.2. The van der Waals surface area contributed by atoms with Crippen molar-refractivity contribution in [1.29, 1.82) is 0 Å². The first kappa shape index (κ1) is 19.8. The lowest BCUT2D eigenvalue weighted by atomic mass is 9.98. The van der Waals surface area contributed by atoms with Crippen molar-refractivity contribution in [3.63, 3.8) is 0 Å². The summed E-state index contributed by atoms with van der Waals surface area (Å²) >= 11 is 5.60. The average molecular weight is 405 g/mol. The highest BCUT2D eigenvalue weighted by Gasteiger charge is 2.47. The van der Waals surface area contributed by atoms with Crippen molar-refractivity contribution in [2.24, 2.45) is 17.6 Å². The standard InChI is InChI=1S/C14H16ClF3N2O2S.ClH/c15-9-2-4-13(11(5-9)14(16,17)18)23(21,22)20-6-8-1-3-12(19)10(8)7-20;/h2,4-5,8,10,12H,1,3,6-7,19H2;1H. The van der Waals surface area contributed by atoms with Gasteiger partial charge in [-0.05, 0) is 42.9 Å². The van der Waals surface area contributed by atoms with Crippen LogP contribution in [-0.4, -0.2) is 31.9 Å². The fourth-order valence-corrected chi connectivity index (χ4v) is 5.45. The van der Waals surface area contributed by atoms with Crippen LogP contribution in [0.1, 0.15) is 18.4 Å². The summed E-state index contributed by atoms with van der Waals surface area (Å²) in [6.07, 6.45) is -3.15. The number of fused-ring (bicyclic) bond motifs is 1. The molecule has 3 unspecified atom stereocenters. The second-order valence-corrected chi connectivity index (χ2v) is 8.47. The van der Waals surface area contributed by atoms with Crippen LogP contribution in [0.3, 0.4) is 0 Å². The molecule has 1 aliphatic heterocycles. The summed E-state index contributed by atoms with van der Waals surface area (Å²) < 4.78 is 66.0. The fraction of sp³-hybridized carbons (Fsp3) is 0.571. The van der Waals surface area contributed by atoms with E-state index in [4.69, 9.17) is 17.3 Å². The first-order valence-electron chi connectivity index (χ1n) is 7.23. The Morgan fingerprint density at radius 1 is 1.21 bits per heavy atom. The molecule has 2 aliphatic rings. The number of nitrogens with two attached hydrogens (primary N) is 1. The van der Waals surface area contributed by atoms with E-state index in [1.807, 2.05) is 0 Å². The number of benzene rings is 1. The van der Waals surface area contributed by atoms with E-state index in [1.165, 1.54) is 0 Å². The molecule has 4 nitrogen and oxygen atoms in total. The minimum absolute atomic E-state index is 0. The SMILES string of the molecule is Cl.NC1CCC2CN(S(=O)(=O)c3ccc(Cl)cc3C(F)(F)F)CC12. The third-order valence-corrected chi connectivity index (χ3v) is 6.87. The van der Waals surface area contributed by atoms with Crippen molar-refractivity contribution >= 4 is 34.0 Å². The van der Waals surface area contributed by atoms with Crippen molar-refractivity contribution in [2.45, 2.75) is 30.0 Å². The monoisotopic (exact) mass is 404 g/mol. The van der Waals surface area contributed by atoms with Gasteiger partial charge in [-0.3, -0.25) is 0 Å². The first-order chi connectivity index (χ1) is 10.6. The van der Waals surface area contributed by atoms with Crippen LogP contribution >= 0.6 is 24.0 Å². The van der Waals surface area contributed by atoms with E-state index in [2.05, 4.69) is 0 Å². The highest BCUT2D eigenvalue weighted by molar-refractivity contribution is 7.89. The topological polar surface area (TPSA) is 63.4 Å². The van der Waals surface area contributed by atoms with Gasteiger partial charge in [0.1, 0.15) is 0 Å². The zero-order valence-corrected chi connectivity index (χ0v) is 14.9. The average Bonchev–Trinajstić information content (AvgIpc) is 3.00. The Morgan fingerprint density at radius 2 is 1.88 bits per heavy atom. The summed E-state index contributed by atoms with van der Waals surface area (Å²) in [5.41, 5.74) is 4.73. The molecule has 3 rings (SSSR count). The van der Waals surface area contributed by atoms with Gasteiger partial charge in [0.2, 0.25) is 10.0 Å². The molecule has 0 aromatic heterocycles. The summed E-state index contributed by atoms with van der Waals surface area (Å²) in [5, 5.41) is -0.156. The van der Waals surface area contributed by atoms with Crippen LogP contribution in [0, 0.1) is 11.8 Å². The first-order valence-corrected chi connectivity index (χ1v) is 9.05. The van der Waals surface area contributed by atoms with E-state index in [1.54, 1.807) is 0 Å². The Hall–Kier alpha value is -0.540. The van der Waals surface area contributed by atoms with Crippen LogP contribution in [0.15, 0.2) is 23.1 Å². The minimum atomic E-state index is -4.79. The van der Waals surface area contributed by atoms with Gasteiger partial charge in [-0.1, -0.05) is 11.6 Å². The molecule has 24 heavy (non-hydrogen) atoms. The normalized spacial score (nSPS) is 27.8. The molecule has 0 amide bonds. The molecule has 0 spiro atoms. The summed E-state index contributed by atoms with van der Waals surface area (Å²) in [6.45, 7) is 0.398. The second-order valence-electron chi connectivity index (χ2n) is 6.13. The van der Waals surface area contributed by atoms with Gasteiger partial charge < -0.3 is 5.73 Å². The highest BCUT2D eigenvalue weighted by atomic mass is 35.5. The van der Waals surface area contributed by atoms with Crippen molar-refractivity contribution in [2.75, 3.05) is 13.1 Å². The van der Waals surface area contributed by atoms with Crippen LogP contribution in [0.5, 0.6) is 0 Å². The molecule has 1 saturated heterocycles. The quantitative estimate of drug-likeness (QED) is 0.823. The Morgan fingerprint density at radius 3 is 2.46 bits per heavy atom. The number of rotatable bonds is 2. The predicted octanol–water partition coefficient (Wildman–Crippen LogP) is 3.14. The highest BCUT2D eigenvalue weighted by Crippen LogP contribution is 2.42. The van der Waals surface area contributed by atoms with Crippen LogP contribution in [0.25, 0.3) is 0 Å². The Kier molecular flexibility index (Phi) is 5.47. The lowest BCUT2D eigenvalue weighted by Crippen LogP contribution is -2.34. The molecule has 0 bridgehead atoms. The van der Waals surface area contributed by atoms with Crippen LogP contribution in [-0.2, 0) is 16.2 Å². The molecule has 0 radical (unpaired) electrons. The lowest BCUT2D eigenvalue weighted by Gasteiger charge is -2.21. The molecule has 1 heterocycles. The van der Waals surface area contributed by atoms with Crippen LogP contribution in [0.2, 0.25) is 5.02 Å². The zero-order valence-electron chi connectivity index (χ0n) is 12.5. The minimum Gasteiger partial charge on any atom is -0.327 e. The van der Waals surface area contributed by atoms with E-state index in [0.29, 0.717) is 6.07 Å². The zero-order chi connectivity index (χ0) is 17.0. The Bertz CT molecular complexity index is 727. The molecular weight excluding hydrogens is 388 g/mol. The molecule has 10 heteroatoms. The van der Waals surface area contributed by atoms with Gasteiger partial charge in [0.05, 0.1) is 10.5 Å². The molecule has 136 valence electrons. The van der Waals surface area contributed by atoms with Gasteiger partial charge in [0.25, 0.3) is 0 Å². The summed E-state index contributed by atoms with van der Waals surface area (Å²) in [6, 6.07) is 2.64. The third kappa shape index (κ3) is 3.39. The van der Waals surface area contributed by atoms with E-state index < -0.39 is 26.7 Å². The largest absolute Gasteiger partial charge is 0.417 e. The Labute approximate surface area is 149 Å². The Balaban J connectivity index is 0.00000208. The molecule has 1 aliphatic carbocycles. The third-order valence-electron chi connectivity index (χ3n) is 4.74. The summed E-state index contributed by atoms with van der Waals surface area (Å²) in [4.78, 5) is -0.747. The number of sulfonamides is 1. The van der Waals surface area contributed by atoms with Gasteiger partial charge in [0.15, 0.2) is 0 Å². The van der Waals surface area contributed by atoms with Crippen molar-refractivity contribution in [3.8, 4) is 0 Å². The van der Waals surface area contributed by atoms with Gasteiger partial charge in [0, 0.05) is 24.2 Å². The molecule has 1 saturated carbocycles. The van der Waals surface area contributed by atoms with Crippen LogP contribution < -0.4 is 5.73 Å². The fourth-order valence-electron chi connectivity index (χ4n) is 3.55. The van der Waals surface area contributed by atoms with Crippen molar-refractivity contribution < 1.29 is 21.6 Å². The van der Waals surface area contributed by atoms with Crippen molar-refractivity contribution in [3.05, 3.63) is 28.8 Å². The molecule has 1 aromatic carbocycles. The smallest absolute Gasteiger partial charge is 0.327 e. The number of nitrogens with zero attached hydrogens (tertiary/aromatic N) is 1. The van der Waals surface area contributed by atoms with E-state index in [-0.39, 0.29) is 48.4 Å². The second kappa shape index (κ2) is 6.64.